The summed E-state index contributed by atoms with van der Waals surface area (Å²) in [5, 5.41) is 9.74. The molecule has 15 heavy (non-hydrogen) atoms. The number of benzene rings is 1. The summed E-state index contributed by atoms with van der Waals surface area (Å²) >= 11 is 9.50. The Balaban J connectivity index is 2.05. The summed E-state index contributed by atoms with van der Waals surface area (Å²) in [5.41, 5.74) is 2.28. The normalized spacial score (nSPS) is 30.9. The number of halogens is 2. The van der Waals surface area contributed by atoms with Gasteiger partial charge in [0.25, 0.3) is 0 Å². The Morgan fingerprint density at radius 2 is 2.27 bits per heavy atom. The molecule has 0 bridgehead atoms. The molecule has 0 radical (unpaired) electrons. The summed E-state index contributed by atoms with van der Waals surface area (Å²) < 4.78 is 0.933. The Labute approximate surface area is 100 Å². The van der Waals surface area contributed by atoms with E-state index < -0.39 is 5.97 Å². The van der Waals surface area contributed by atoms with Crippen LogP contribution in [0.3, 0.4) is 0 Å². The first-order valence-electron chi connectivity index (χ1n) is 4.80. The van der Waals surface area contributed by atoms with E-state index in [1.807, 2.05) is 12.1 Å². The van der Waals surface area contributed by atoms with E-state index in [1.54, 1.807) is 0 Å². The lowest BCUT2D eigenvalue weighted by molar-refractivity contribution is -0.139. The monoisotopic (exact) mass is 286 g/mol. The van der Waals surface area contributed by atoms with Gasteiger partial charge in [-0.05, 0) is 35.6 Å². The number of hydrogen-bond donors (Lipinski definition) is 1. The zero-order valence-corrected chi connectivity index (χ0v) is 10.0. The predicted molar refractivity (Wildman–Crippen MR) is 60.2 cm³/mol. The standard InChI is InChI=1S/C11H8BrClO2/c12-4-1-6-5(8(13)2-4)3-7-9(6)10(7)11(14)15/h1-2,7,9-10H,3H2,(H,14,15)/t7-,9-,10-/m1/s1. The van der Waals surface area contributed by atoms with Crippen LogP contribution in [0.5, 0.6) is 0 Å². The molecule has 1 aromatic rings. The molecule has 0 heterocycles. The Kier molecular flexibility index (Phi) is 1.92. The summed E-state index contributed by atoms with van der Waals surface area (Å²) in [6.07, 6.45) is 0.822. The maximum Gasteiger partial charge on any atom is 0.307 e. The van der Waals surface area contributed by atoms with Gasteiger partial charge in [0, 0.05) is 15.4 Å². The maximum absolute atomic E-state index is 10.9. The number of carboxylic acids is 1. The molecule has 3 rings (SSSR count). The van der Waals surface area contributed by atoms with Crippen LogP contribution in [-0.2, 0) is 11.2 Å². The first-order valence-corrected chi connectivity index (χ1v) is 5.97. The van der Waals surface area contributed by atoms with Crippen LogP contribution in [0.4, 0.5) is 0 Å². The molecular formula is C11H8BrClO2. The lowest BCUT2D eigenvalue weighted by atomic mass is 10.0. The van der Waals surface area contributed by atoms with Crippen LogP contribution in [0.2, 0.25) is 5.02 Å². The van der Waals surface area contributed by atoms with Crippen LogP contribution < -0.4 is 0 Å². The maximum atomic E-state index is 10.9. The summed E-state index contributed by atoms with van der Waals surface area (Å²) in [6.45, 7) is 0. The fourth-order valence-electron chi connectivity index (χ4n) is 2.76. The molecule has 1 aromatic carbocycles. The van der Waals surface area contributed by atoms with Crippen molar-refractivity contribution in [3.63, 3.8) is 0 Å². The molecule has 0 aliphatic heterocycles. The van der Waals surface area contributed by atoms with E-state index in [2.05, 4.69) is 15.9 Å². The number of hydrogen-bond acceptors (Lipinski definition) is 1. The van der Waals surface area contributed by atoms with E-state index in [9.17, 15) is 4.79 Å². The largest absolute Gasteiger partial charge is 0.481 e. The number of carboxylic acid groups (broad SMARTS) is 1. The van der Waals surface area contributed by atoms with Crippen LogP contribution in [-0.4, -0.2) is 11.1 Å². The van der Waals surface area contributed by atoms with Crippen LogP contribution in [0.15, 0.2) is 16.6 Å². The number of rotatable bonds is 1. The summed E-state index contributed by atoms with van der Waals surface area (Å²) in [5.74, 6) is -0.369. The molecule has 78 valence electrons. The molecule has 0 spiro atoms. The number of fused-ring (bicyclic) bond motifs is 3. The van der Waals surface area contributed by atoms with Crippen molar-refractivity contribution in [2.75, 3.05) is 0 Å². The highest BCUT2D eigenvalue weighted by Crippen LogP contribution is 2.62. The van der Waals surface area contributed by atoms with Gasteiger partial charge in [-0.1, -0.05) is 27.5 Å². The smallest absolute Gasteiger partial charge is 0.307 e. The van der Waals surface area contributed by atoms with Gasteiger partial charge in [-0.3, -0.25) is 4.79 Å². The molecule has 4 heteroatoms. The van der Waals surface area contributed by atoms with Crippen LogP contribution >= 0.6 is 27.5 Å². The average molecular weight is 288 g/mol. The first-order chi connectivity index (χ1) is 7.09. The van der Waals surface area contributed by atoms with Gasteiger partial charge in [0.05, 0.1) is 5.92 Å². The van der Waals surface area contributed by atoms with E-state index >= 15 is 0 Å². The predicted octanol–water partition coefficient (Wildman–Crippen LogP) is 3.07. The van der Waals surface area contributed by atoms with Crippen molar-refractivity contribution in [3.8, 4) is 0 Å². The van der Waals surface area contributed by atoms with Crippen molar-refractivity contribution in [3.05, 3.63) is 32.8 Å². The van der Waals surface area contributed by atoms with Crippen molar-refractivity contribution < 1.29 is 9.90 Å². The second kappa shape index (κ2) is 2.98. The molecule has 2 nitrogen and oxygen atoms in total. The van der Waals surface area contributed by atoms with E-state index in [-0.39, 0.29) is 17.8 Å². The molecule has 2 aliphatic rings. The summed E-state index contributed by atoms with van der Waals surface area (Å²) in [7, 11) is 0. The minimum atomic E-state index is -0.674. The lowest BCUT2D eigenvalue weighted by Gasteiger charge is -2.08. The highest BCUT2D eigenvalue weighted by Gasteiger charge is 2.60. The Morgan fingerprint density at radius 3 is 2.93 bits per heavy atom. The van der Waals surface area contributed by atoms with E-state index in [1.165, 1.54) is 0 Å². The van der Waals surface area contributed by atoms with Crippen molar-refractivity contribution in [2.24, 2.45) is 11.8 Å². The van der Waals surface area contributed by atoms with Crippen LogP contribution in [0.25, 0.3) is 0 Å². The van der Waals surface area contributed by atoms with Gasteiger partial charge in [0.2, 0.25) is 0 Å². The molecule has 1 fully saturated rings. The minimum absolute atomic E-state index is 0.178. The quantitative estimate of drug-likeness (QED) is 0.862. The number of carbonyl (C=O) groups is 1. The molecule has 1 saturated carbocycles. The van der Waals surface area contributed by atoms with Gasteiger partial charge in [0.1, 0.15) is 0 Å². The zero-order chi connectivity index (χ0) is 10.7. The molecule has 0 unspecified atom stereocenters. The van der Waals surface area contributed by atoms with Gasteiger partial charge in [-0.15, -0.1) is 0 Å². The molecular weight excluding hydrogens is 279 g/mol. The van der Waals surface area contributed by atoms with Gasteiger partial charge in [0.15, 0.2) is 0 Å². The third-order valence-electron chi connectivity index (χ3n) is 3.45. The summed E-state index contributed by atoms with van der Waals surface area (Å²) in [4.78, 5) is 10.9. The number of aliphatic carboxylic acids is 1. The van der Waals surface area contributed by atoms with Gasteiger partial charge >= 0.3 is 5.97 Å². The molecule has 0 aromatic heterocycles. The second-order valence-electron chi connectivity index (χ2n) is 4.21. The van der Waals surface area contributed by atoms with E-state index in [0.29, 0.717) is 0 Å². The van der Waals surface area contributed by atoms with Crippen LogP contribution in [0, 0.1) is 11.8 Å². The van der Waals surface area contributed by atoms with Gasteiger partial charge in [-0.2, -0.15) is 0 Å². The molecule has 0 amide bonds. The Hall–Kier alpha value is -0.540. The van der Waals surface area contributed by atoms with Crippen molar-refractivity contribution >= 4 is 33.5 Å². The SMILES string of the molecule is O=C(O)[C@@H]1[C@@H]2Cc3c(Cl)cc(Br)cc3[C@H]21. The molecule has 3 atom stereocenters. The highest BCUT2D eigenvalue weighted by atomic mass is 79.9. The Morgan fingerprint density at radius 1 is 1.53 bits per heavy atom. The van der Waals surface area contributed by atoms with E-state index in [0.717, 1.165) is 27.0 Å². The van der Waals surface area contributed by atoms with Crippen LogP contribution in [0.1, 0.15) is 17.0 Å². The average Bonchev–Trinajstić information content (AvgIpc) is 2.74. The Bertz CT molecular complexity index is 472. The fourth-order valence-corrected chi connectivity index (χ4v) is 3.67. The summed E-state index contributed by atoms with van der Waals surface area (Å²) in [6, 6.07) is 3.88. The molecule has 0 saturated heterocycles. The van der Waals surface area contributed by atoms with Crippen molar-refractivity contribution in [1.82, 2.24) is 0 Å². The zero-order valence-electron chi connectivity index (χ0n) is 7.71. The topological polar surface area (TPSA) is 37.3 Å². The van der Waals surface area contributed by atoms with Crippen molar-refractivity contribution in [2.45, 2.75) is 12.3 Å². The van der Waals surface area contributed by atoms with E-state index in [4.69, 9.17) is 16.7 Å². The molecule has 1 N–H and O–H groups in total. The molecule has 2 aliphatic carbocycles. The third kappa shape index (κ3) is 1.26. The lowest BCUT2D eigenvalue weighted by Crippen LogP contribution is -2.05. The van der Waals surface area contributed by atoms with Gasteiger partial charge < -0.3 is 5.11 Å². The third-order valence-corrected chi connectivity index (χ3v) is 4.24. The highest BCUT2D eigenvalue weighted by molar-refractivity contribution is 9.10. The first kappa shape index (κ1) is 9.67. The van der Waals surface area contributed by atoms with Gasteiger partial charge in [-0.25, -0.2) is 0 Å². The fraction of sp³-hybridized carbons (Fsp3) is 0.364. The second-order valence-corrected chi connectivity index (χ2v) is 5.54. The minimum Gasteiger partial charge on any atom is -0.481 e. The van der Waals surface area contributed by atoms with Crippen molar-refractivity contribution in [1.29, 1.82) is 0 Å².